The highest BCUT2D eigenvalue weighted by atomic mass is 32.2. The second-order valence-electron chi connectivity index (χ2n) is 5.12. The van der Waals surface area contributed by atoms with Crippen molar-refractivity contribution in [3.05, 3.63) is 34.2 Å². The van der Waals surface area contributed by atoms with Crippen LogP contribution in [-0.4, -0.2) is 21.1 Å². The lowest BCUT2D eigenvalue weighted by Crippen LogP contribution is -2.24. The van der Waals surface area contributed by atoms with E-state index in [1.165, 1.54) is 29.9 Å². The molecule has 0 unspecified atom stereocenters. The van der Waals surface area contributed by atoms with E-state index in [2.05, 4.69) is 18.0 Å². The van der Waals surface area contributed by atoms with Crippen molar-refractivity contribution in [1.29, 1.82) is 0 Å². The van der Waals surface area contributed by atoms with Gasteiger partial charge in [-0.2, -0.15) is 11.8 Å². The monoisotopic (exact) mass is 262 g/mol. The average Bonchev–Trinajstić information content (AvgIpc) is 2.67. The molecular weight excluding hydrogens is 244 g/mol. The van der Waals surface area contributed by atoms with Gasteiger partial charge in [-0.25, -0.2) is 4.79 Å². The Morgan fingerprint density at radius 1 is 1.39 bits per heavy atom. The number of rotatable bonds is 2. The van der Waals surface area contributed by atoms with E-state index in [0.717, 1.165) is 17.6 Å². The molecule has 1 N–H and O–H groups in total. The fourth-order valence-corrected chi connectivity index (χ4v) is 3.84. The summed E-state index contributed by atoms with van der Waals surface area (Å²) in [6, 6.07) is 6.14. The summed E-state index contributed by atoms with van der Waals surface area (Å²) in [7, 11) is 0. The molecule has 0 radical (unpaired) electrons. The SMILES string of the molecule is Cc1ccc2[nH]c(=O)n(CC3CCSCC3)c2c1. The molecule has 18 heavy (non-hydrogen) atoms. The van der Waals surface area contributed by atoms with E-state index in [-0.39, 0.29) is 5.69 Å². The minimum absolute atomic E-state index is 0.0360. The lowest BCUT2D eigenvalue weighted by molar-refractivity contribution is 0.417. The quantitative estimate of drug-likeness (QED) is 0.903. The second kappa shape index (κ2) is 4.84. The number of imidazole rings is 1. The predicted octanol–water partition coefficient (Wildman–Crippen LogP) is 2.78. The van der Waals surface area contributed by atoms with E-state index < -0.39 is 0 Å². The zero-order valence-corrected chi connectivity index (χ0v) is 11.4. The van der Waals surface area contributed by atoms with E-state index in [4.69, 9.17) is 0 Å². The first-order chi connectivity index (χ1) is 8.74. The van der Waals surface area contributed by atoms with Gasteiger partial charge >= 0.3 is 5.69 Å². The van der Waals surface area contributed by atoms with Gasteiger partial charge in [0.05, 0.1) is 11.0 Å². The fraction of sp³-hybridized carbons (Fsp3) is 0.500. The summed E-state index contributed by atoms with van der Waals surface area (Å²) in [5.74, 6) is 3.13. The normalized spacial score (nSPS) is 17.4. The predicted molar refractivity (Wildman–Crippen MR) is 77.3 cm³/mol. The molecule has 0 aliphatic carbocycles. The van der Waals surface area contributed by atoms with Gasteiger partial charge in [-0.1, -0.05) is 6.07 Å². The van der Waals surface area contributed by atoms with Crippen LogP contribution in [0.4, 0.5) is 0 Å². The van der Waals surface area contributed by atoms with E-state index in [1.807, 2.05) is 28.5 Å². The van der Waals surface area contributed by atoms with E-state index in [0.29, 0.717) is 5.92 Å². The number of aryl methyl sites for hydroxylation is 1. The summed E-state index contributed by atoms with van der Waals surface area (Å²) in [5.41, 5.74) is 3.25. The van der Waals surface area contributed by atoms with E-state index in [1.54, 1.807) is 0 Å². The van der Waals surface area contributed by atoms with Crippen molar-refractivity contribution in [1.82, 2.24) is 9.55 Å². The van der Waals surface area contributed by atoms with Gasteiger partial charge in [0.1, 0.15) is 0 Å². The zero-order chi connectivity index (χ0) is 12.5. The van der Waals surface area contributed by atoms with Gasteiger partial charge in [0.2, 0.25) is 0 Å². The lowest BCUT2D eigenvalue weighted by atomic mass is 10.0. The Hall–Kier alpha value is -1.16. The van der Waals surface area contributed by atoms with Crippen molar-refractivity contribution < 1.29 is 0 Å². The fourth-order valence-electron chi connectivity index (χ4n) is 2.63. The zero-order valence-electron chi connectivity index (χ0n) is 10.6. The molecule has 2 heterocycles. The van der Waals surface area contributed by atoms with E-state index in [9.17, 15) is 4.79 Å². The molecule has 0 atom stereocenters. The molecule has 3 rings (SSSR count). The molecule has 0 spiro atoms. The Labute approximate surface area is 111 Å². The third-order valence-electron chi connectivity index (χ3n) is 3.71. The molecule has 0 amide bonds. The van der Waals surface area contributed by atoms with Crippen molar-refractivity contribution in [2.75, 3.05) is 11.5 Å². The molecular formula is C14H18N2OS. The van der Waals surface area contributed by atoms with Crippen LogP contribution in [0.25, 0.3) is 11.0 Å². The van der Waals surface area contributed by atoms with Crippen molar-refractivity contribution >= 4 is 22.8 Å². The van der Waals surface area contributed by atoms with Crippen LogP contribution in [0.3, 0.4) is 0 Å². The maximum Gasteiger partial charge on any atom is 0.326 e. The molecule has 1 aliphatic heterocycles. The molecule has 1 aromatic heterocycles. The van der Waals surface area contributed by atoms with Crippen LogP contribution in [0.1, 0.15) is 18.4 Å². The molecule has 2 aromatic rings. The van der Waals surface area contributed by atoms with Crippen molar-refractivity contribution in [3.8, 4) is 0 Å². The van der Waals surface area contributed by atoms with Gasteiger partial charge in [-0.15, -0.1) is 0 Å². The number of thioether (sulfide) groups is 1. The number of nitrogens with one attached hydrogen (secondary N) is 1. The molecule has 3 nitrogen and oxygen atoms in total. The smallest absolute Gasteiger partial charge is 0.306 e. The summed E-state index contributed by atoms with van der Waals surface area (Å²) in [6.45, 7) is 2.93. The van der Waals surface area contributed by atoms with Crippen molar-refractivity contribution in [2.24, 2.45) is 5.92 Å². The Bertz CT molecular complexity index is 608. The van der Waals surface area contributed by atoms with Gasteiger partial charge in [-0.3, -0.25) is 4.57 Å². The molecule has 0 saturated carbocycles. The van der Waals surface area contributed by atoms with Gasteiger partial charge in [-0.05, 0) is 54.9 Å². The summed E-state index contributed by atoms with van der Waals surface area (Å²) < 4.78 is 1.92. The molecule has 1 aromatic carbocycles. The first-order valence-electron chi connectivity index (χ1n) is 6.51. The number of hydrogen-bond acceptors (Lipinski definition) is 2. The van der Waals surface area contributed by atoms with Crippen LogP contribution >= 0.6 is 11.8 Å². The largest absolute Gasteiger partial charge is 0.326 e. The summed E-state index contributed by atoms with van der Waals surface area (Å²) in [6.07, 6.45) is 2.46. The lowest BCUT2D eigenvalue weighted by Gasteiger charge is -2.21. The Morgan fingerprint density at radius 2 is 2.17 bits per heavy atom. The average molecular weight is 262 g/mol. The Kier molecular flexibility index (Phi) is 3.20. The second-order valence-corrected chi connectivity index (χ2v) is 6.34. The van der Waals surface area contributed by atoms with Crippen molar-refractivity contribution in [3.63, 3.8) is 0 Å². The minimum Gasteiger partial charge on any atom is -0.306 e. The number of hydrogen-bond donors (Lipinski definition) is 1. The Morgan fingerprint density at radius 3 is 2.94 bits per heavy atom. The van der Waals surface area contributed by atoms with E-state index >= 15 is 0 Å². The van der Waals surface area contributed by atoms with Crippen LogP contribution in [0.15, 0.2) is 23.0 Å². The first kappa shape index (κ1) is 11.9. The van der Waals surface area contributed by atoms with Gasteiger partial charge in [0.15, 0.2) is 0 Å². The van der Waals surface area contributed by atoms with Crippen LogP contribution < -0.4 is 5.69 Å². The van der Waals surface area contributed by atoms with Gasteiger partial charge < -0.3 is 4.98 Å². The standard InChI is InChI=1S/C14H18N2OS/c1-10-2-3-12-13(8-10)16(14(17)15-12)9-11-4-6-18-7-5-11/h2-3,8,11H,4-7,9H2,1H3,(H,15,17). The summed E-state index contributed by atoms with van der Waals surface area (Å²) in [4.78, 5) is 15.0. The summed E-state index contributed by atoms with van der Waals surface area (Å²) in [5, 5.41) is 0. The number of aromatic amines is 1. The number of nitrogens with zero attached hydrogens (tertiary/aromatic N) is 1. The third-order valence-corrected chi connectivity index (χ3v) is 4.76. The van der Waals surface area contributed by atoms with Crippen LogP contribution in [-0.2, 0) is 6.54 Å². The molecule has 1 saturated heterocycles. The molecule has 0 bridgehead atoms. The number of fused-ring (bicyclic) bond motifs is 1. The van der Waals surface area contributed by atoms with Crippen LogP contribution in [0.2, 0.25) is 0 Å². The molecule has 1 aliphatic rings. The van der Waals surface area contributed by atoms with Crippen LogP contribution in [0, 0.1) is 12.8 Å². The number of benzene rings is 1. The maximum absolute atomic E-state index is 12.0. The molecule has 1 fully saturated rings. The maximum atomic E-state index is 12.0. The third kappa shape index (κ3) is 2.21. The molecule has 96 valence electrons. The highest BCUT2D eigenvalue weighted by Crippen LogP contribution is 2.24. The first-order valence-corrected chi connectivity index (χ1v) is 7.66. The Balaban J connectivity index is 1.97. The van der Waals surface area contributed by atoms with Crippen LogP contribution in [0.5, 0.6) is 0 Å². The number of H-pyrrole nitrogens is 1. The minimum atomic E-state index is 0.0360. The number of aromatic nitrogens is 2. The van der Waals surface area contributed by atoms with Gasteiger partial charge in [0, 0.05) is 6.54 Å². The molecule has 4 heteroatoms. The summed E-state index contributed by atoms with van der Waals surface area (Å²) >= 11 is 2.03. The highest BCUT2D eigenvalue weighted by Gasteiger charge is 2.16. The van der Waals surface area contributed by atoms with Crippen molar-refractivity contribution in [2.45, 2.75) is 26.3 Å². The highest BCUT2D eigenvalue weighted by molar-refractivity contribution is 7.99. The topological polar surface area (TPSA) is 37.8 Å². The van der Waals surface area contributed by atoms with Gasteiger partial charge in [0.25, 0.3) is 0 Å².